The van der Waals surface area contributed by atoms with Crippen LogP contribution in [0.3, 0.4) is 0 Å². The van der Waals surface area contributed by atoms with Crippen molar-refractivity contribution in [2.75, 3.05) is 12.4 Å². The van der Waals surface area contributed by atoms with Crippen LogP contribution < -0.4 is 15.4 Å². The Morgan fingerprint density at radius 2 is 1.89 bits per heavy atom. The Hall–Kier alpha value is -3.21. The summed E-state index contributed by atoms with van der Waals surface area (Å²) in [6.07, 6.45) is -2.52. The van der Waals surface area contributed by atoms with Crippen LogP contribution in [-0.4, -0.2) is 29.9 Å². The van der Waals surface area contributed by atoms with Crippen LogP contribution in [0.1, 0.15) is 40.2 Å². The molecule has 6 nitrogen and oxygen atoms in total. The van der Waals surface area contributed by atoms with Gasteiger partial charge in [0, 0.05) is 11.7 Å². The minimum absolute atomic E-state index is 0.00817. The van der Waals surface area contributed by atoms with Gasteiger partial charge in [-0.3, -0.25) is 9.59 Å². The molecule has 36 heavy (non-hydrogen) atoms. The highest BCUT2D eigenvalue weighted by Gasteiger charge is 2.51. The first-order valence-corrected chi connectivity index (χ1v) is 12.3. The molecule has 2 aromatic carbocycles. The average Bonchev–Trinajstić information content (AvgIpc) is 3.52. The number of nitrogens with zero attached hydrogens (tertiary/aromatic N) is 1. The van der Waals surface area contributed by atoms with E-state index in [9.17, 15) is 27.2 Å². The molecular formula is C25H23F4N3O3S. The van der Waals surface area contributed by atoms with Crippen LogP contribution in [-0.2, 0) is 11.0 Å². The van der Waals surface area contributed by atoms with Crippen molar-refractivity contribution in [3.8, 4) is 5.75 Å². The van der Waals surface area contributed by atoms with Crippen LogP contribution in [0, 0.1) is 30.5 Å². The minimum atomic E-state index is -4.89. The van der Waals surface area contributed by atoms with Crippen LogP contribution in [0.2, 0.25) is 0 Å². The lowest BCUT2D eigenvalue weighted by molar-refractivity contribution is -0.140. The van der Waals surface area contributed by atoms with E-state index in [0.717, 1.165) is 30.3 Å². The number of benzene rings is 2. The zero-order valence-electron chi connectivity index (χ0n) is 19.4. The van der Waals surface area contributed by atoms with E-state index in [1.54, 1.807) is 12.1 Å². The number of alkyl halides is 3. The average molecular weight is 522 g/mol. The number of amides is 2. The van der Waals surface area contributed by atoms with E-state index in [1.165, 1.54) is 18.4 Å². The molecule has 2 saturated carbocycles. The van der Waals surface area contributed by atoms with Crippen molar-refractivity contribution in [2.45, 2.75) is 38.4 Å². The molecule has 2 N–H and O–H groups in total. The smallest absolute Gasteiger partial charge is 0.419 e. The van der Waals surface area contributed by atoms with Gasteiger partial charge in [-0.15, -0.1) is 11.3 Å². The predicted octanol–water partition coefficient (Wildman–Crippen LogP) is 5.55. The van der Waals surface area contributed by atoms with E-state index in [0.29, 0.717) is 33.7 Å². The van der Waals surface area contributed by atoms with E-state index in [2.05, 4.69) is 15.6 Å². The highest BCUT2D eigenvalue weighted by molar-refractivity contribution is 7.19. The Balaban J connectivity index is 1.41. The molecule has 2 fully saturated rings. The van der Waals surface area contributed by atoms with E-state index in [1.807, 2.05) is 6.92 Å². The molecule has 5 rings (SSSR count). The maximum atomic E-state index is 13.7. The van der Waals surface area contributed by atoms with Gasteiger partial charge in [-0.05, 0) is 68.4 Å². The molecule has 0 aliphatic heterocycles. The molecule has 3 unspecified atom stereocenters. The van der Waals surface area contributed by atoms with Gasteiger partial charge in [-0.25, -0.2) is 9.37 Å². The van der Waals surface area contributed by atoms with Gasteiger partial charge in [0.1, 0.15) is 17.1 Å². The molecule has 4 atom stereocenters. The summed E-state index contributed by atoms with van der Waals surface area (Å²) in [5.41, 5.74) is -0.579. The maximum Gasteiger partial charge on any atom is 0.419 e. The summed E-state index contributed by atoms with van der Waals surface area (Å²) in [6, 6.07) is 5.33. The summed E-state index contributed by atoms with van der Waals surface area (Å²) in [5, 5.41) is 6.33. The second kappa shape index (κ2) is 9.02. The third-order valence-electron chi connectivity index (χ3n) is 7.13. The van der Waals surface area contributed by atoms with Gasteiger partial charge in [-0.2, -0.15) is 13.2 Å². The number of carbonyl (C=O) groups is 2. The summed E-state index contributed by atoms with van der Waals surface area (Å²) in [5.74, 6) is -2.47. The summed E-state index contributed by atoms with van der Waals surface area (Å²) >= 11 is 1.37. The molecule has 0 saturated heterocycles. The molecule has 1 aromatic heterocycles. The van der Waals surface area contributed by atoms with Crippen molar-refractivity contribution in [1.29, 1.82) is 0 Å². The summed E-state index contributed by atoms with van der Waals surface area (Å²) in [7, 11) is 1.47. The molecule has 2 aliphatic rings. The van der Waals surface area contributed by atoms with Crippen LogP contribution >= 0.6 is 11.3 Å². The predicted molar refractivity (Wildman–Crippen MR) is 127 cm³/mol. The summed E-state index contributed by atoms with van der Waals surface area (Å²) in [6.45, 7) is 1.84. The molecule has 0 radical (unpaired) electrons. The first-order chi connectivity index (χ1) is 17.1. The molecule has 190 valence electrons. The van der Waals surface area contributed by atoms with Crippen molar-refractivity contribution in [3.05, 3.63) is 52.3 Å². The number of carbonyl (C=O) groups excluding carboxylic acids is 2. The molecule has 2 aliphatic carbocycles. The topological polar surface area (TPSA) is 80.3 Å². The molecular weight excluding hydrogens is 498 g/mol. The number of rotatable bonds is 5. The van der Waals surface area contributed by atoms with Gasteiger partial charge in [0.25, 0.3) is 5.91 Å². The quantitative estimate of drug-likeness (QED) is 0.431. The van der Waals surface area contributed by atoms with Gasteiger partial charge in [-0.1, -0.05) is 0 Å². The van der Waals surface area contributed by atoms with Crippen molar-refractivity contribution < 1.29 is 31.9 Å². The van der Waals surface area contributed by atoms with Crippen LogP contribution in [0.25, 0.3) is 10.2 Å². The Kier molecular flexibility index (Phi) is 6.14. The largest absolute Gasteiger partial charge is 0.496 e. The number of anilines is 1. The highest BCUT2D eigenvalue weighted by Crippen LogP contribution is 2.49. The first-order valence-electron chi connectivity index (χ1n) is 11.5. The summed E-state index contributed by atoms with van der Waals surface area (Å²) < 4.78 is 59.1. The third kappa shape index (κ3) is 4.29. The molecule has 0 spiro atoms. The van der Waals surface area contributed by atoms with E-state index in [4.69, 9.17) is 4.74 Å². The Morgan fingerprint density at radius 1 is 1.14 bits per heavy atom. The normalized spacial score (nSPS) is 23.2. The monoisotopic (exact) mass is 521 g/mol. The zero-order chi connectivity index (χ0) is 25.8. The lowest BCUT2D eigenvalue weighted by Crippen LogP contribution is -2.48. The van der Waals surface area contributed by atoms with E-state index in [-0.39, 0.29) is 17.5 Å². The second-order valence-electron chi connectivity index (χ2n) is 9.26. The number of hydrogen-bond acceptors (Lipinski definition) is 5. The van der Waals surface area contributed by atoms with E-state index < -0.39 is 41.3 Å². The van der Waals surface area contributed by atoms with Crippen LogP contribution in [0.5, 0.6) is 5.75 Å². The number of ether oxygens (including phenoxy) is 1. The number of halogens is 4. The first kappa shape index (κ1) is 24.5. The number of nitrogens with one attached hydrogen (secondary N) is 2. The van der Waals surface area contributed by atoms with Crippen molar-refractivity contribution in [3.63, 3.8) is 0 Å². The lowest BCUT2D eigenvalue weighted by atomic mass is 9.83. The van der Waals surface area contributed by atoms with Crippen LogP contribution in [0.4, 0.5) is 23.2 Å². The molecule has 2 bridgehead atoms. The molecule has 1 heterocycles. The fourth-order valence-corrected chi connectivity index (χ4v) is 6.57. The maximum absolute atomic E-state index is 13.7. The van der Waals surface area contributed by atoms with Gasteiger partial charge in [0.05, 0.1) is 33.8 Å². The Bertz CT molecular complexity index is 1360. The van der Waals surface area contributed by atoms with Gasteiger partial charge in [0.2, 0.25) is 5.91 Å². The zero-order valence-corrected chi connectivity index (χ0v) is 20.2. The number of hydrogen-bond donors (Lipinski definition) is 2. The van der Waals surface area contributed by atoms with Crippen molar-refractivity contribution in [1.82, 2.24) is 10.3 Å². The number of aryl methyl sites for hydroxylation is 1. The van der Waals surface area contributed by atoms with Crippen LogP contribution in [0.15, 0.2) is 30.3 Å². The number of aromatic nitrogens is 1. The van der Waals surface area contributed by atoms with Gasteiger partial charge < -0.3 is 15.4 Å². The number of methoxy groups -OCH3 is 1. The van der Waals surface area contributed by atoms with Crippen molar-refractivity contribution in [2.24, 2.45) is 17.8 Å². The van der Waals surface area contributed by atoms with E-state index >= 15 is 0 Å². The fraction of sp³-hybridized carbons (Fsp3) is 0.400. The van der Waals surface area contributed by atoms with Gasteiger partial charge in [0.15, 0.2) is 0 Å². The van der Waals surface area contributed by atoms with Gasteiger partial charge >= 0.3 is 6.18 Å². The SMILES string of the molecule is COc1ccc2nc(C)sc2c1C(=O)NC1C2CC[C@H](C2)C1C(=O)Nc1ccc(F)c(C(F)(F)F)c1. The second-order valence-corrected chi connectivity index (χ2v) is 10.5. The lowest BCUT2D eigenvalue weighted by Gasteiger charge is -2.31. The minimum Gasteiger partial charge on any atom is -0.496 e. The number of thiazole rings is 1. The summed E-state index contributed by atoms with van der Waals surface area (Å²) in [4.78, 5) is 31.2. The fourth-order valence-electron chi connectivity index (χ4n) is 5.62. The Morgan fingerprint density at radius 3 is 2.61 bits per heavy atom. The Labute approximate surface area is 208 Å². The van der Waals surface area contributed by atoms with Crippen molar-refractivity contribution >= 4 is 39.1 Å². The third-order valence-corrected chi connectivity index (χ3v) is 8.13. The molecule has 3 aromatic rings. The number of fused-ring (bicyclic) bond motifs is 3. The highest BCUT2D eigenvalue weighted by atomic mass is 32.1. The standard InChI is InChI=1S/C25H23F4N3O3S/c1-11-30-17-7-8-18(35-2)20(22(17)36-11)24(34)32-21-13-4-3-12(9-13)19(21)23(33)31-14-5-6-16(26)15(10-14)25(27,28)29/h5-8,10,12-13,19,21H,3-4,9H2,1-2H3,(H,31,33)(H,32,34)/t12-,13?,19?,21?/m1/s1. The molecule has 11 heteroatoms. The molecule has 2 amide bonds.